The van der Waals surface area contributed by atoms with E-state index >= 15 is 0 Å². The summed E-state index contributed by atoms with van der Waals surface area (Å²) >= 11 is 0. The Hall–Kier alpha value is -1.24. The lowest BCUT2D eigenvalue weighted by molar-refractivity contribution is 0.242. The summed E-state index contributed by atoms with van der Waals surface area (Å²) in [6.45, 7) is 9.86. The predicted molar refractivity (Wildman–Crippen MR) is 57.0 cm³/mol. The molecule has 1 heteroatoms. The van der Waals surface area contributed by atoms with Crippen LogP contribution in [0, 0.1) is 6.92 Å². The van der Waals surface area contributed by atoms with Gasteiger partial charge in [0.2, 0.25) is 0 Å². The largest absolute Gasteiger partial charge is 0.491 e. The molecule has 1 aromatic rings. The van der Waals surface area contributed by atoms with Crippen LogP contribution in [0.1, 0.15) is 25.0 Å². The van der Waals surface area contributed by atoms with E-state index in [1.165, 1.54) is 5.56 Å². The molecule has 1 aromatic carbocycles. The zero-order valence-electron chi connectivity index (χ0n) is 8.50. The van der Waals surface area contributed by atoms with Gasteiger partial charge in [-0.25, -0.2) is 0 Å². The van der Waals surface area contributed by atoms with Gasteiger partial charge in [0.15, 0.2) is 0 Å². The van der Waals surface area contributed by atoms with Crippen LogP contribution in [0.5, 0.6) is 5.75 Å². The average molecular weight is 176 g/mol. The normalized spacial score (nSPS) is 10.2. The van der Waals surface area contributed by atoms with Crippen LogP contribution in [0.15, 0.2) is 24.8 Å². The lowest BCUT2D eigenvalue weighted by Crippen LogP contribution is -2.05. The minimum atomic E-state index is 0.223. The van der Waals surface area contributed by atoms with E-state index in [4.69, 9.17) is 4.74 Å². The summed E-state index contributed by atoms with van der Waals surface area (Å²) in [5.41, 5.74) is 2.37. The Balaban J connectivity index is 2.92. The van der Waals surface area contributed by atoms with Gasteiger partial charge in [-0.15, -0.1) is 0 Å². The molecule has 70 valence electrons. The topological polar surface area (TPSA) is 9.23 Å². The molecule has 0 atom stereocenters. The minimum Gasteiger partial charge on any atom is -0.491 e. The molecule has 0 spiro atoms. The third-order valence-corrected chi connectivity index (χ3v) is 1.84. The molecule has 1 rings (SSSR count). The highest BCUT2D eigenvalue weighted by molar-refractivity contribution is 5.54. The molecule has 0 aromatic heterocycles. The maximum atomic E-state index is 5.56. The standard InChI is InChI=1S/C12H16O/c1-5-11-8-12(13-9(2)3)7-6-10(11)4/h5-9H,1H2,2-4H3. The van der Waals surface area contributed by atoms with Gasteiger partial charge in [0.1, 0.15) is 5.75 Å². The number of benzene rings is 1. The molecule has 0 heterocycles. The van der Waals surface area contributed by atoms with Crippen molar-refractivity contribution in [3.05, 3.63) is 35.9 Å². The molecule has 0 fully saturated rings. The van der Waals surface area contributed by atoms with Crippen molar-refractivity contribution in [2.24, 2.45) is 0 Å². The molecule has 0 unspecified atom stereocenters. The first kappa shape index (κ1) is 9.85. The SMILES string of the molecule is C=Cc1cc(OC(C)C)ccc1C. The van der Waals surface area contributed by atoms with E-state index in [2.05, 4.69) is 19.6 Å². The fourth-order valence-corrected chi connectivity index (χ4v) is 1.18. The van der Waals surface area contributed by atoms with Crippen LogP contribution < -0.4 is 4.74 Å². The van der Waals surface area contributed by atoms with Gasteiger partial charge in [0, 0.05) is 0 Å². The van der Waals surface area contributed by atoms with Crippen molar-refractivity contribution in [3.63, 3.8) is 0 Å². The van der Waals surface area contributed by atoms with Gasteiger partial charge in [-0.05, 0) is 44.0 Å². The number of ether oxygens (including phenoxy) is 1. The van der Waals surface area contributed by atoms with E-state index in [0.717, 1.165) is 11.3 Å². The van der Waals surface area contributed by atoms with E-state index < -0.39 is 0 Å². The van der Waals surface area contributed by atoms with Crippen molar-refractivity contribution in [1.82, 2.24) is 0 Å². The van der Waals surface area contributed by atoms with Crippen molar-refractivity contribution < 1.29 is 4.74 Å². The van der Waals surface area contributed by atoms with Crippen LogP contribution in [0.3, 0.4) is 0 Å². The summed E-state index contributed by atoms with van der Waals surface area (Å²) in [7, 11) is 0. The second-order valence-corrected chi connectivity index (χ2v) is 3.39. The first-order valence-corrected chi connectivity index (χ1v) is 4.53. The summed E-state index contributed by atoms with van der Waals surface area (Å²) in [5.74, 6) is 0.913. The van der Waals surface area contributed by atoms with Gasteiger partial charge in [-0.3, -0.25) is 0 Å². The molecule has 0 N–H and O–H groups in total. The first-order valence-electron chi connectivity index (χ1n) is 4.53. The number of hydrogen-bond acceptors (Lipinski definition) is 1. The molecule has 0 aliphatic carbocycles. The van der Waals surface area contributed by atoms with Gasteiger partial charge >= 0.3 is 0 Å². The number of rotatable bonds is 3. The van der Waals surface area contributed by atoms with Gasteiger partial charge in [0.25, 0.3) is 0 Å². The van der Waals surface area contributed by atoms with E-state index in [1.807, 2.05) is 32.1 Å². The second kappa shape index (κ2) is 4.13. The summed E-state index contributed by atoms with van der Waals surface area (Å²) in [6.07, 6.45) is 2.07. The third kappa shape index (κ3) is 2.62. The van der Waals surface area contributed by atoms with Crippen molar-refractivity contribution in [3.8, 4) is 5.75 Å². The summed E-state index contributed by atoms with van der Waals surface area (Å²) in [4.78, 5) is 0. The lowest BCUT2D eigenvalue weighted by Gasteiger charge is -2.11. The maximum Gasteiger partial charge on any atom is 0.120 e. The summed E-state index contributed by atoms with van der Waals surface area (Å²) in [5, 5.41) is 0. The van der Waals surface area contributed by atoms with Gasteiger partial charge in [0.05, 0.1) is 6.10 Å². The molecule has 0 saturated carbocycles. The Morgan fingerprint density at radius 1 is 1.38 bits per heavy atom. The Morgan fingerprint density at radius 3 is 2.62 bits per heavy atom. The lowest BCUT2D eigenvalue weighted by atomic mass is 10.1. The highest BCUT2D eigenvalue weighted by Gasteiger charge is 1.99. The Labute approximate surface area is 80.0 Å². The number of aryl methyl sites for hydroxylation is 1. The molecule has 13 heavy (non-hydrogen) atoms. The predicted octanol–water partition coefficient (Wildman–Crippen LogP) is 3.43. The van der Waals surface area contributed by atoms with E-state index in [9.17, 15) is 0 Å². The molecule has 0 saturated heterocycles. The van der Waals surface area contributed by atoms with Crippen molar-refractivity contribution >= 4 is 6.08 Å². The molecular weight excluding hydrogens is 160 g/mol. The minimum absolute atomic E-state index is 0.223. The van der Waals surface area contributed by atoms with Crippen LogP contribution >= 0.6 is 0 Å². The van der Waals surface area contributed by atoms with E-state index in [0.29, 0.717) is 0 Å². The van der Waals surface area contributed by atoms with E-state index in [1.54, 1.807) is 0 Å². The van der Waals surface area contributed by atoms with Gasteiger partial charge in [-0.2, -0.15) is 0 Å². The molecule has 1 nitrogen and oxygen atoms in total. The molecule has 0 radical (unpaired) electrons. The van der Waals surface area contributed by atoms with Crippen LogP contribution in [-0.2, 0) is 0 Å². The number of hydrogen-bond donors (Lipinski definition) is 0. The van der Waals surface area contributed by atoms with Crippen LogP contribution in [0.4, 0.5) is 0 Å². The molecule has 0 amide bonds. The highest BCUT2D eigenvalue weighted by atomic mass is 16.5. The average Bonchev–Trinajstić information content (AvgIpc) is 2.07. The Kier molecular flexibility index (Phi) is 3.13. The van der Waals surface area contributed by atoms with Gasteiger partial charge in [-0.1, -0.05) is 18.7 Å². The summed E-state index contributed by atoms with van der Waals surface area (Å²) < 4.78 is 5.56. The highest BCUT2D eigenvalue weighted by Crippen LogP contribution is 2.19. The zero-order chi connectivity index (χ0) is 9.84. The zero-order valence-corrected chi connectivity index (χ0v) is 8.50. The molecular formula is C12H16O. The monoisotopic (exact) mass is 176 g/mol. The smallest absolute Gasteiger partial charge is 0.120 e. The first-order chi connectivity index (χ1) is 6.13. The molecule has 0 bridgehead atoms. The molecule has 0 aliphatic rings. The van der Waals surface area contributed by atoms with Gasteiger partial charge < -0.3 is 4.74 Å². The van der Waals surface area contributed by atoms with Crippen molar-refractivity contribution in [2.45, 2.75) is 26.9 Å². The summed E-state index contributed by atoms with van der Waals surface area (Å²) in [6, 6.07) is 6.05. The van der Waals surface area contributed by atoms with Crippen LogP contribution in [0.2, 0.25) is 0 Å². The Bertz CT molecular complexity index is 300. The quantitative estimate of drug-likeness (QED) is 0.685. The fraction of sp³-hybridized carbons (Fsp3) is 0.333. The second-order valence-electron chi connectivity index (χ2n) is 3.39. The van der Waals surface area contributed by atoms with Crippen molar-refractivity contribution in [1.29, 1.82) is 0 Å². The van der Waals surface area contributed by atoms with Crippen molar-refractivity contribution in [2.75, 3.05) is 0 Å². The van der Waals surface area contributed by atoms with Crippen LogP contribution in [0.25, 0.3) is 6.08 Å². The van der Waals surface area contributed by atoms with E-state index in [-0.39, 0.29) is 6.10 Å². The molecule has 0 aliphatic heterocycles. The maximum absolute atomic E-state index is 5.56. The fourth-order valence-electron chi connectivity index (χ4n) is 1.18. The Morgan fingerprint density at radius 2 is 2.08 bits per heavy atom. The third-order valence-electron chi connectivity index (χ3n) is 1.84. The van der Waals surface area contributed by atoms with Crippen LogP contribution in [-0.4, -0.2) is 6.10 Å².